The van der Waals surface area contributed by atoms with E-state index in [1.807, 2.05) is 13.1 Å². The molecule has 0 aliphatic carbocycles. The molecule has 0 spiro atoms. The third kappa shape index (κ3) is 2.03. The number of rotatable bonds is 1. The topological polar surface area (TPSA) is 20.7 Å². The molecule has 2 rings (SSSR count). The van der Waals surface area contributed by atoms with Crippen molar-refractivity contribution in [2.45, 2.75) is 6.92 Å². The summed E-state index contributed by atoms with van der Waals surface area (Å²) in [4.78, 5) is 3.01. The number of hydrogen-bond donors (Lipinski definition) is 1. The van der Waals surface area contributed by atoms with Crippen molar-refractivity contribution in [1.29, 1.82) is 0 Å². The van der Waals surface area contributed by atoms with Crippen LogP contribution in [0.1, 0.15) is 5.69 Å². The minimum atomic E-state index is -0.274. The highest BCUT2D eigenvalue weighted by Crippen LogP contribution is 2.22. The number of hydrogen-bond acceptors (Lipinski definition) is 1. The molecule has 0 aliphatic rings. The van der Waals surface area contributed by atoms with Crippen LogP contribution in [0.15, 0.2) is 28.9 Å². The van der Waals surface area contributed by atoms with Gasteiger partial charge >= 0.3 is 0 Å². The Balaban J connectivity index is 2.64. The Labute approximate surface area is 99.9 Å². The van der Waals surface area contributed by atoms with E-state index in [2.05, 4.69) is 20.9 Å². The molecule has 1 N–H and O–H groups in total. The minimum Gasteiger partial charge on any atom is -0.335 e. The summed E-state index contributed by atoms with van der Waals surface area (Å²) >= 11 is 8.45. The predicted octanol–water partition coefficient (Wildman–Crippen LogP) is 3.74. The van der Waals surface area contributed by atoms with E-state index < -0.39 is 0 Å². The maximum Gasteiger partial charge on any atom is 0.182 e. The number of imidazole rings is 1. The Morgan fingerprint density at radius 3 is 2.73 bits per heavy atom. The molecule has 2 aromatic rings. The van der Waals surface area contributed by atoms with Gasteiger partial charge in [-0.15, -0.1) is 0 Å². The lowest BCUT2D eigenvalue weighted by atomic mass is 10.3. The quantitative estimate of drug-likeness (QED) is 0.792. The maximum absolute atomic E-state index is 12.9. The highest BCUT2D eigenvalue weighted by Gasteiger charge is 2.05. The molecule has 0 amide bonds. The number of halogens is 2. The summed E-state index contributed by atoms with van der Waals surface area (Å²) < 4.78 is 16.0. The molecule has 5 heteroatoms. The SMILES string of the molecule is Cc1cn(-c2ccc(F)cc2Br)c(=S)[nH]1. The number of aryl methyl sites for hydroxylation is 1. The van der Waals surface area contributed by atoms with E-state index in [9.17, 15) is 4.39 Å². The Hall–Kier alpha value is -0.940. The Morgan fingerprint density at radius 2 is 2.20 bits per heavy atom. The normalized spacial score (nSPS) is 10.6. The second kappa shape index (κ2) is 3.90. The fourth-order valence-electron chi connectivity index (χ4n) is 1.37. The van der Waals surface area contributed by atoms with Crippen LogP contribution in [0.2, 0.25) is 0 Å². The van der Waals surface area contributed by atoms with Crippen molar-refractivity contribution in [3.8, 4) is 5.69 Å². The van der Waals surface area contributed by atoms with Gasteiger partial charge in [0.2, 0.25) is 0 Å². The fraction of sp³-hybridized carbons (Fsp3) is 0.100. The van der Waals surface area contributed by atoms with Gasteiger partial charge in [-0.25, -0.2) is 4.39 Å². The van der Waals surface area contributed by atoms with Crippen molar-refractivity contribution in [3.05, 3.63) is 45.2 Å². The van der Waals surface area contributed by atoms with Gasteiger partial charge in [-0.1, -0.05) is 0 Å². The first-order valence-corrected chi connectivity index (χ1v) is 5.52. The van der Waals surface area contributed by atoms with E-state index in [0.29, 0.717) is 9.24 Å². The summed E-state index contributed by atoms with van der Waals surface area (Å²) in [5.74, 6) is -0.274. The largest absolute Gasteiger partial charge is 0.335 e. The van der Waals surface area contributed by atoms with Gasteiger partial charge in [0, 0.05) is 16.4 Å². The summed E-state index contributed by atoms with van der Waals surface area (Å²) in [7, 11) is 0. The lowest BCUT2D eigenvalue weighted by Crippen LogP contribution is -1.93. The lowest BCUT2D eigenvalue weighted by Gasteiger charge is -2.04. The molecule has 78 valence electrons. The maximum atomic E-state index is 12.9. The molecule has 0 fully saturated rings. The number of nitrogens with one attached hydrogen (secondary N) is 1. The molecule has 0 bridgehead atoms. The molecule has 0 aliphatic heterocycles. The van der Waals surface area contributed by atoms with E-state index in [0.717, 1.165) is 11.4 Å². The molecule has 0 unspecified atom stereocenters. The summed E-state index contributed by atoms with van der Waals surface area (Å²) in [5, 5.41) is 0. The van der Waals surface area contributed by atoms with Crippen LogP contribution in [-0.2, 0) is 0 Å². The van der Waals surface area contributed by atoms with Crippen molar-refractivity contribution < 1.29 is 4.39 Å². The predicted molar refractivity (Wildman–Crippen MR) is 63.3 cm³/mol. The van der Waals surface area contributed by atoms with Gasteiger partial charge in [-0.3, -0.25) is 4.57 Å². The second-order valence-corrected chi connectivity index (χ2v) is 4.45. The first-order chi connectivity index (χ1) is 7.08. The zero-order valence-electron chi connectivity index (χ0n) is 7.92. The van der Waals surface area contributed by atoms with Crippen LogP contribution in [-0.4, -0.2) is 9.55 Å². The Morgan fingerprint density at radius 1 is 1.47 bits per heavy atom. The van der Waals surface area contributed by atoms with Gasteiger partial charge in [0.25, 0.3) is 0 Å². The van der Waals surface area contributed by atoms with Gasteiger partial charge in [-0.05, 0) is 53.3 Å². The first-order valence-electron chi connectivity index (χ1n) is 4.31. The Bertz CT molecular complexity index is 559. The van der Waals surface area contributed by atoms with Crippen molar-refractivity contribution in [1.82, 2.24) is 9.55 Å². The number of benzene rings is 1. The average Bonchev–Trinajstić information content (AvgIpc) is 2.45. The van der Waals surface area contributed by atoms with Crippen LogP contribution < -0.4 is 0 Å². The van der Waals surface area contributed by atoms with E-state index in [1.54, 1.807) is 10.6 Å². The summed E-state index contributed by atoms with van der Waals surface area (Å²) in [6.07, 6.45) is 1.88. The minimum absolute atomic E-state index is 0.274. The van der Waals surface area contributed by atoms with Crippen molar-refractivity contribution in [3.63, 3.8) is 0 Å². The smallest absolute Gasteiger partial charge is 0.182 e. The van der Waals surface area contributed by atoms with Gasteiger partial charge in [0.15, 0.2) is 4.77 Å². The molecule has 0 saturated carbocycles. The van der Waals surface area contributed by atoms with E-state index in [1.165, 1.54) is 12.1 Å². The van der Waals surface area contributed by atoms with Gasteiger partial charge in [-0.2, -0.15) is 0 Å². The van der Waals surface area contributed by atoms with Crippen molar-refractivity contribution in [2.75, 3.05) is 0 Å². The molecule has 0 atom stereocenters. The van der Waals surface area contributed by atoms with Gasteiger partial charge in [0.05, 0.1) is 5.69 Å². The number of H-pyrrole nitrogens is 1. The highest BCUT2D eigenvalue weighted by atomic mass is 79.9. The zero-order valence-corrected chi connectivity index (χ0v) is 10.3. The summed E-state index contributed by atoms with van der Waals surface area (Å²) in [6.45, 7) is 1.92. The lowest BCUT2D eigenvalue weighted by molar-refractivity contribution is 0.626. The molecule has 15 heavy (non-hydrogen) atoms. The number of aromatic amines is 1. The standard InChI is InChI=1S/C10H8BrFN2S/c1-6-5-14(10(15)13-6)9-3-2-7(12)4-8(9)11/h2-5H,1H3,(H,13,15). The van der Waals surface area contributed by atoms with Crippen LogP contribution in [0.3, 0.4) is 0 Å². The molecule has 2 nitrogen and oxygen atoms in total. The monoisotopic (exact) mass is 286 g/mol. The third-order valence-electron chi connectivity index (χ3n) is 2.01. The van der Waals surface area contributed by atoms with Crippen LogP contribution >= 0.6 is 28.1 Å². The molecule has 1 aromatic carbocycles. The average molecular weight is 287 g/mol. The molecule has 1 aromatic heterocycles. The van der Waals surface area contributed by atoms with Crippen molar-refractivity contribution in [2.24, 2.45) is 0 Å². The van der Waals surface area contributed by atoms with E-state index >= 15 is 0 Å². The fourth-order valence-corrected chi connectivity index (χ4v) is 2.22. The third-order valence-corrected chi connectivity index (χ3v) is 2.95. The van der Waals surface area contributed by atoms with Crippen molar-refractivity contribution >= 4 is 28.1 Å². The van der Waals surface area contributed by atoms with Crippen LogP contribution in [0.5, 0.6) is 0 Å². The molecule has 1 heterocycles. The molecule has 0 radical (unpaired) electrons. The summed E-state index contributed by atoms with van der Waals surface area (Å²) in [5.41, 5.74) is 1.79. The highest BCUT2D eigenvalue weighted by molar-refractivity contribution is 9.10. The molecular formula is C10H8BrFN2S. The molecule has 0 saturated heterocycles. The van der Waals surface area contributed by atoms with Crippen LogP contribution in [0, 0.1) is 17.5 Å². The number of nitrogens with zero attached hydrogens (tertiary/aromatic N) is 1. The van der Waals surface area contributed by atoms with E-state index in [4.69, 9.17) is 12.2 Å². The first kappa shape index (κ1) is 10.6. The summed E-state index contributed by atoms with van der Waals surface area (Å²) in [6, 6.07) is 4.51. The number of aromatic nitrogens is 2. The zero-order chi connectivity index (χ0) is 11.0. The molecular weight excluding hydrogens is 279 g/mol. The van der Waals surface area contributed by atoms with Crippen LogP contribution in [0.4, 0.5) is 4.39 Å². The Kier molecular flexibility index (Phi) is 2.75. The van der Waals surface area contributed by atoms with Gasteiger partial charge in [0.1, 0.15) is 5.82 Å². The second-order valence-electron chi connectivity index (χ2n) is 3.21. The van der Waals surface area contributed by atoms with E-state index in [-0.39, 0.29) is 5.82 Å². The van der Waals surface area contributed by atoms with Crippen LogP contribution in [0.25, 0.3) is 5.69 Å². The van der Waals surface area contributed by atoms with Gasteiger partial charge < -0.3 is 4.98 Å².